The number of hydrogen-bond acceptors (Lipinski definition) is 4. The summed E-state index contributed by atoms with van der Waals surface area (Å²) in [6.07, 6.45) is 3.77. The van der Waals surface area contributed by atoms with Gasteiger partial charge in [0.05, 0.1) is 6.54 Å². The largest absolute Gasteiger partial charge is 0.383 e. The maximum absolute atomic E-state index is 10.6. The summed E-state index contributed by atoms with van der Waals surface area (Å²) in [6.45, 7) is 11.9. The monoisotopic (exact) mass is 366 g/mol. The fraction of sp³-hybridized carbons (Fsp3) is 0.737. The molecule has 6 heteroatoms. The van der Waals surface area contributed by atoms with Crippen molar-refractivity contribution in [1.82, 2.24) is 15.5 Å². The molecule has 1 unspecified atom stereocenters. The average Bonchev–Trinajstić information content (AvgIpc) is 3.13. The Morgan fingerprint density at radius 3 is 2.80 bits per heavy atom. The van der Waals surface area contributed by atoms with Gasteiger partial charge in [-0.25, -0.2) is 4.99 Å². The number of aliphatic imine (C=N–C) groups is 1. The molecular weight excluding hydrogens is 332 g/mol. The number of likely N-dealkylation sites (tertiary alicyclic amines) is 1. The van der Waals surface area contributed by atoms with E-state index in [1.54, 1.807) is 11.3 Å². The van der Waals surface area contributed by atoms with Crippen molar-refractivity contribution in [2.75, 3.05) is 39.3 Å². The molecule has 1 saturated heterocycles. The summed E-state index contributed by atoms with van der Waals surface area (Å²) in [4.78, 5) is 8.09. The smallest absolute Gasteiger partial charge is 0.191 e. The van der Waals surface area contributed by atoms with E-state index in [0.717, 1.165) is 42.8 Å². The molecule has 0 radical (unpaired) electrons. The third kappa shape index (κ3) is 6.96. The van der Waals surface area contributed by atoms with Crippen molar-refractivity contribution >= 4 is 17.3 Å². The highest BCUT2D eigenvalue weighted by molar-refractivity contribution is 7.10. The number of rotatable bonds is 8. The number of hydrogen-bond donors (Lipinski definition) is 3. The minimum atomic E-state index is -0.916. The highest BCUT2D eigenvalue weighted by atomic mass is 32.1. The molecule has 2 heterocycles. The van der Waals surface area contributed by atoms with Gasteiger partial charge in [0.1, 0.15) is 5.60 Å². The van der Waals surface area contributed by atoms with Crippen molar-refractivity contribution in [3.63, 3.8) is 0 Å². The molecule has 25 heavy (non-hydrogen) atoms. The predicted molar refractivity (Wildman–Crippen MR) is 107 cm³/mol. The van der Waals surface area contributed by atoms with Gasteiger partial charge in [-0.05, 0) is 70.1 Å². The zero-order valence-electron chi connectivity index (χ0n) is 15.9. The van der Waals surface area contributed by atoms with E-state index >= 15 is 0 Å². The number of nitrogens with zero attached hydrogens (tertiary/aromatic N) is 2. The summed E-state index contributed by atoms with van der Waals surface area (Å²) in [5.41, 5.74) is -0.916. The topological polar surface area (TPSA) is 59.9 Å². The fourth-order valence-corrected chi connectivity index (χ4v) is 3.81. The van der Waals surface area contributed by atoms with Crippen LogP contribution in [-0.2, 0) is 5.60 Å². The van der Waals surface area contributed by atoms with E-state index in [-0.39, 0.29) is 0 Å². The van der Waals surface area contributed by atoms with Gasteiger partial charge in [-0.15, -0.1) is 11.3 Å². The summed E-state index contributed by atoms with van der Waals surface area (Å²) in [6, 6.07) is 3.92. The summed E-state index contributed by atoms with van der Waals surface area (Å²) in [5.74, 6) is 1.67. The normalized spacial score (nSPS) is 19.6. The van der Waals surface area contributed by atoms with E-state index in [1.165, 1.54) is 25.9 Å². The minimum absolute atomic E-state index is 0.354. The highest BCUT2D eigenvalue weighted by Gasteiger charge is 2.24. The maximum atomic E-state index is 10.6. The summed E-state index contributed by atoms with van der Waals surface area (Å²) in [7, 11) is 0. The van der Waals surface area contributed by atoms with Crippen LogP contribution in [0.5, 0.6) is 0 Å². The molecule has 1 atom stereocenters. The second-order valence-electron chi connectivity index (χ2n) is 7.25. The van der Waals surface area contributed by atoms with Crippen LogP contribution in [0.4, 0.5) is 0 Å². The molecule has 0 spiro atoms. The lowest BCUT2D eigenvalue weighted by Gasteiger charge is -2.30. The Kier molecular flexibility index (Phi) is 8.19. The van der Waals surface area contributed by atoms with E-state index in [2.05, 4.69) is 34.4 Å². The summed E-state index contributed by atoms with van der Waals surface area (Å²) < 4.78 is 0. The Morgan fingerprint density at radius 2 is 2.16 bits per heavy atom. The van der Waals surface area contributed by atoms with Crippen LogP contribution in [0.3, 0.4) is 0 Å². The summed E-state index contributed by atoms with van der Waals surface area (Å²) in [5, 5.41) is 19.2. The van der Waals surface area contributed by atoms with E-state index < -0.39 is 5.60 Å². The van der Waals surface area contributed by atoms with Gasteiger partial charge in [0.25, 0.3) is 0 Å². The van der Waals surface area contributed by atoms with E-state index in [1.807, 2.05) is 24.4 Å². The number of aliphatic hydroxyl groups is 1. The molecule has 1 aromatic rings. The quantitative estimate of drug-likeness (QED) is 0.376. The van der Waals surface area contributed by atoms with Crippen molar-refractivity contribution in [2.24, 2.45) is 10.9 Å². The molecule has 0 saturated carbocycles. The predicted octanol–water partition coefficient (Wildman–Crippen LogP) is 2.63. The molecule has 1 aliphatic rings. The molecule has 0 amide bonds. The number of nitrogens with one attached hydrogen (secondary N) is 2. The zero-order valence-corrected chi connectivity index (χ0v) is 16.7. The Labute approximate surface area is 156 Å². The van der Waals surface area contributed by atoms with Crippen LogP contribution in [0.2, 0.25) is 0 Å². The average molecular weight is 367 g/mol. The number of thiophene rings is 1. The van der Waals surface area contributed by atoms with Crippen molar-refractivity contribution in [3.05, 3.63) is 22.4 Å². The lowest BCUT2D eigenvalue weighted by Crippen LogP contribution is -2.40. The van der Waals surface area contributed by atoms with Crippen LogP contribution >= 0.6 is 11.3 Å². The third-order valence-corrected chi connectivity index (χ3v) is 5.88. The lowest BCUT2D eigenvalue weighted by molar-refractivity contribution is 0.0711. The molecule has 1 fully saturated rings. The Balaban J connectivity index is 1.74. The molecule has 3 N–H and O–H groups in total. The lowest BCUT2D eigenvalue weighted by atomic mass is 9.99. The van der Waals surface area contributed by atoms with Gasteiger partial charge in [0, 0.05) is 18.0 Å². The minimum Gasteiger partial charge on any atom is -0.383 e. The second-order valence-corrected chi connectivity index (χ2v) is 8.20. The molecule has 0 bridgehead atoms. The van der Waals surface area contributed by atoms with Crippen LogP contribution in [-0.4, -0.2) is 55.2 Å². The Hall–Kier alpha value is -1.11. The first kappa shape index (κ1) is 20.2. The van der Waals surface area contributed by atoms with Crippen molar-refractivity contribution < 1.29 is 5.11 Å². The van der Waals surface area contributed by atoms with Gasteiger partial charge in [-0.2, -0.15) is 0 Å². The van der Waals surface area contributed by atoms with Crippen LogP contribution in [0.1, 0.15) is 44.9 Å². The Bertz CT molecular complexity index is 508. The second kappa shape index (κ2) is 10.1. The van der Waals surface area contributed by atoms with E-state index in [0.29, 0.717) is 6.54 Å². The SMILES string of the molecule is CCNC(=NCC(C)(O)c1cccs1)NCCCN1CCC(C)CC1. The molecule has 0 aliphatic carbocycles. The van der Waals surface area contributed by atoms with Gasteiger partial charge < -0.3 is 20.6 Å². The van der Waals surface area contributed by atoms with Crippen molar-refractivity contribution in [3.8, 4) is 0 Å². The highest BCUT2D eigenvalue weighted by Crippen LogP contribution is 2.25. The number of guanidine groups is 1. The molecule has 5 nitrogen and oxygen atoms in total. The van der Waals surface area contributed by atoms with Crippen LogP contribution in [0.25, 0.3) is 0 Å². The van der Waals surface area contributed by atoms with Gasteiger partial charge in [0.2, 0.25) is 0 Å². The van der Waals surface area contributed by atoms with Gasteiger partial charge in [-0.3, -0.25) is 0 Å². The van der Waals surface area contributed by atoms with E-state index in [4.69, 9.17) is 0 Å². The van der Waals surface area contributed by atoms with Crippen LogP contribution in [0.15, 0.2) is 22.5 Å². The standard InChI is InChI=1S/C19H34N4OS/c1-4-20-18(22-15-19(3,24)17-7-5-14-25-17)21-10-6-11-23-12-8-16(2)9-13-23/h5,7,14,16,24H,4,6,8-13,15H2,1-3H3,(H2,20,21,22). The first-order valence-corrected chi connectivity index (χ1v) is 10.4. The van der Waals surface area contributed by atoms with E-state index in [9.17, 15) is 5.11 Å². The molecule has 142 valence electrons. The molecular formula is C19H34N4OS. The zero-order chi connectivity index (χ0) is 18.1. The van der Waals surface area contributed by atoms with Gasteiger partial charge in [0.15, 0.2) is 5.96 Å². The summed E-state index contributed by atoms with van der Waals surface area (Å²) >= 11 is 1.57. The van der Waals surface area contributed by atoms with Crippen LogP contribution in [0, 0.1) is 5.92 Å². The molecule has 1 aromatic heterocycles. The van der Waals surface area contributed by atoms with Gasteiger partial charge in [-0.1, -0.05) is 13.0 Å². The van der Waals surface area contributed by atoms with Crippen molar-refractivity contribution in [2.45, 2.75) is 45.6 Å². The third-order valence-electron chi connectivity index (χ3n) is 4.76. The first-order valence-electron chi connectivity index (χ1n) is 9.52. The van der Waals surface area contributed by atoms with Crippen molar-refractivity contribution in [1.29, 1.82) is 0 Å². The van der Waals surface area contributed by atoms with Crippen LogP contribution < -0.4 is 10.6 Å². The first-order chi connectivity index (χ1) is 12.0. The fourth-order valence-electron chi connectivity index (χ4n) is 3.03. The number of piperidine rings is 1. The maximum Gasteiger partial charge on any atom is 0.191 e. The molecule has 0 aromatic carbocycles. The Morgan fingerprint density at radius 1 is 1.40 bits per heavy atom. The molecule has 1 aliphatic heterocycles. The molecule has 2 rings (SSSR count). The van der Waals surface area contributed by atoms with Gasteiger partial charge >= 0.3 is 0 Å².